The Morgan fingerprint density at radius 2 is 1.87 bits per heavy atom. The molecule has 5 heterocycles. The van der Waals surface area contributed by atoms with E-state index in [4.69, 9.17) is 23.7 Å². The maximum Gasteiger partial charge on any atom is 0.508 e. The normalized spacial score (nSPS) is 47.7. The molecule has 1 spiro atoms. The number of nitrogens with zero attached hydrogens (tertiary/aromatic N) is 1. The van der Waals surface area contributed by atoms with Crippen LogP contribution in [0.2, 0.25) is 0 Å². The van der Waals surface area contributed by atoms with Gasteiger partial charge in [-0.05, 0) is 71.9 Å². The van der Waals surface area contributed by atoms with Crippen molar-refractivity contribution in [1.82, 2.24) is 4.90 Å². The average Bonchev–Trinajstić information content (AvgIpc) is 3.66. The Bertz CT molecular complexity index is 724. The molecule has 7 heteroatoms. The summed E-state index contributed by atoms with van der Waals surface area (Å²) in [6.45, 7) is 10.2. The van der Waals surface area contributed by atoms with Gasteiger partial charge in [0.2, 0.25) is 0 Å². The lowest BCUT2D eigenvalue weighted by Crippen LogP contribution is -2.56. The van der Waals surface area contributed by atoms with Gasteiger partial charge in [-0.2, -0.15) is 0 Å². The van der Waals surface area contributed by atoms with Gasteiger partial charge in [0.15, 0.2) is 0 Å². The van der Waals surface area contributed by atoms with E-state index in [0.29, 0.717) is 5.92 Å². The van der Waals surface area contributed by atoms with Crippen LogP contribution in [0, 0.1) is 11.8 Å². The Kier molecular flexibility index (Phi) is 5.60. The smallest absolute Gasteiger partial charge is 0.429 e. The molecule has 0 amide bonds. The largest absolute Gasteiger partial charge is 0.508 e. The summed E-state index contributed by atoms with van der Waals surface area (Å²) < 4.78 is 29.8. The molecule has 7 nitrogen and oxygen atoms in total. The molecule has 6 rings (SSSR count). The van der Waals surface area contributed by atoms with E-state index in [-0.39, 0.29) is 41.5 Å². The zero-order chi connectivity index (χ0) is 21.8. The van der Waals surface area contributed by atoms with Crippen LogP contribution < -0.4 is 0 Å². The number of ether oxygens (including phenoxy) is 5. The standard InChI is InChI=1S/C24H37NO6/c1-15(2)5-6-19-23(3,31-19)21-20(27-4)17(7-10-24(21)14-28-24)29-22(26)30-18-13-25-11-8-16(18)9-12-25/h5,16-21H,6-14H2,1-4H3/t17-,18+,19-,20-,21-,23+,24+/m1/s1. The highest BCUT2D eigenvalue weighted by atomic mass is 16.7. The lowest BCUT2D eigenvalue weighted by atomic mass is 9.68. The van der Waals surface area contributed by atoms with Crippen molar-refractivity contribution in [1.29, 1.82) is 0 Å². The lowest BCUT2D eigenvalue weighted by molar-refractivity contribution is -0.137. The van der Waals surface area contributed by atoms with Crippen LogP contribution in [0.4, 0.5) is 4.79 Å². The lowest BCUT2D eigenvalue weighted by Gasteiger charge is -2.44. The van der Waals surface area contributed by atoms with Gasteiger partial charge >= 0.3 is 6.16 Å². The van der Waals surface area contributed by atoms with Crippen LogP contribution in [0.15, 0.2) is 11.6 Å². The number of hydrogen-bond acceptors (Lipinski definition) is 7. The molecule has 0 N–H and O–H groups in total. The molecule has 7 atom stereocenters. The first kappa shape index (κ1) is 21.7. The van der Waals surface area contributed by atoms with Crippen LogP contribution in [-0.2, 0) is 23.7 Å². The topological polar surface area (TPSA) is 73.1 Å². The Morgan fingerprint density at radius 1 is 1.16 bits per heavy atom. The van der Waals surface area contributed by atoms with E-state index in [2.05, 4.69) is 31.7 Å². The monoisotopic (exact) mass is 435 g/mol. The number of epoxide rings is 2. The van der Waals surface area contributed by atoms with E-state index in [1.807, 2.05) is 0 Å². The third-order valence-corrected chi connectivity index (χ3v) is 8.33. The number of carbonyl (C=O) groups is 1. The molecule has 1 aliphatic carbocycles. The molecule has 0 aromatic rings. The molecule has 0 aromatic carbocycles. The maximum absolute atomic E-state index is 12.7. The average molecular weight is 436 g/mol. The van der Waals surface area contributed by atoms with E-state index in [0.717, 1.165) is 58.3 Å². The Labute approximate surface area is 185 Å². The predicted molar refractivity (Wildman–Crippen MR) is 114 cm³/mol. The minimum Gasteiger partial charge on any atom is -0.429 e. The first-order valence-corrected chi connectivity index (χ1v) is 11.9. The van der Waals surface area contributed by atoms with Gasteiger partial charge in [-0.25, -0.2) is 4.79 Å². The van der Waals surface area contributed by atoms with Crippen molar-refractivity contribution in [2.24, 2.45) is 11.8 Å². The highest BCUT2D eigenvalue weighted by Crippen LogP contribution is 2.59. The fourth-order valence-corrected chi connectivity index (χ4v) is 6.39. The number of allylic oxidation sites excluding steroid dienone is 1. The van der Waals surface area contributed by atoms with Crippen molar-refractivity contribution in [2.45, 2.75) is 88.5 Å². The molecular weight excluding hydrogens is 398 g/mol. The Balaban J connectivity index is 1.25. The van der Waals surface area contributed by atoms with E-state index in [1.54, 1.807) is 7.11 Å². The molecule has 0 aromatic heterocycles. The number of methoxy groups -OCH3 is 1. The molecule has 1 saturated carbocycles. The predicted octanol–water partition coefficient (Wildman–Crippen LogP) is 3.31. The molecule has 5 aliphatic heterocycles. The van der Waals surface area contributed by atoms with Gasteiger partial charge in [-0.3, -0.25) is 4.90 Å². The number of fused-ring (bicyclic) bond motifs is 3. The second kappa shape index (κ2) is 8.01. The fourth-order valence-electron chi connectivity index (χ4n) is 6.39. The first-order valence-electron chi connectivity index (χ1n) is 11.9. The SMILES string of the molecule is CO[C@@H]1[C@H](OC(=O)O[C@H]2CN3CCC2CC3)CC[C@]2(CO2)[C@H]1[C@@]1(C)O[C@@H]1CC=C(C)C. The first-order chi connectivity index (χ1) is 14.8. The third-order valence-electron chi connectivity index (χ3n) is 8.33. The molecule has 2 bridgehead atoms. The van der Waals surface area contributed by atoms with Crippen LogP contribution in [0.25, 0.3) is 0 Å². The number of hydrogen-bond donors (Lipinski definition) is 0. The Hall–Kier alpha value is -1.15. The van der Waals surface area contributed by atoms with E-state index in [9.17, 15) is 4.79 Å². The highest BCUT2D eigenvalue weighted by molar-refractivity contribution is 5.60. The van der Waals surface area contributed by atoms with Crippen LogP contribution in [0.5, 0.6) is 0 Å². The van der Waals surface area contributed by atoms with Crippen LogP contribution in [0.1, 0.15) is 52.9 Å². The molecule has 174 valence electrons. The quantitative estimate of drug-likeness (QED) is 0.360. The summed E-state index contributed by atoms with van der Waals surface area (Å²) in [6.07, 6.45) is 5.81. The second-order valence-electron chi connectivity index (χ2n) is 10.6. The van der Waals surface area contributed by atoms with E-state index >= 15 is 0 Å². The maximum atomic E-state index is 12.7. The van der Waals surface area contributed by atoms with Crippen molar-refractivity contribution >= 4 is 6.16 Å². The Morgan fingerprint density at radius 3 is 2.45 bits per heavy atom. The van der Waals surface area contributed by atoms with Crippen LogP contribution in [-0.4, -0.2) is 80.0 Å². The summed E-state index contributed by atoms with van der Waals surface area (Å²) in [5.74, 6) is 0.497. The number of rotatable bonds is 6. The second-order valence-corrected chi connectivity index (χ2v) is 10.6. The van der Waals surface area contributed by atoms with Crippen LogP contribution >= 0.6 is 0 Å². The van der Waals surface area contributed by atoms with Gasteiger partial charge in [-0.1, -0.05) is 11.6 Å². The van der Waals surface area contributed by atoms with Gasteiger partial charge in [0.1, 0.15) is 29.5 Å². The van der Waals surface area contributed by atoms with Gasteiger partial charge in [0.25, 0.3) is 0 Å². The summed E-state index contributed by atoms with van der Waals surface area (Å²) in [4.78, 5) is 15.1. The minimum atomic E-state index is -0.555. The molecule has 0 unspecified atom stereocenters. The van der Waals surface area contributed by atoms with E-state index < -0.39 is 6.16 Å². The molecular formula is C24H37NO6. The molecule has 5 saturated heterocycles. The van der Waals surface area contributed by atoms with E-state index in [1.165, 1.54) is 5.57 Å². The summed E-state index contributed by atoms with van der Waals surface area (Å²) in [7, 11) is 1.70. The number of piperidine rings is 3. The van der Waals surface area contributed by atoms with Crippen molar-refractivity contribution in [3.63, 3.8) is 0 Å². The summed E-state index contributed by atoms with van der Waals surface area (Å²) in [6, 6.07) is 0. The molecule has 6 aliphatic rings. The molecule has 31 heavy (non-hydrogen) atoms. The third kappa shape index (κ3) is 4.03. The van der Waals surface area contributed by atoms with Gasteiger partial charge in [0, 0.05) is 13.7 Å². The minimum absolute atomic E-state index is 0.0314. The summed E-state index contributed by atoms with van der Waals surface area (Å²) in [5.41, 5.74) is 0.749. The van der Waals surface area contributed by atoms with Crippen molar-refractivity contribution < 1.29 is 28.5 Å². The number of carbonyl (C=O) groups excluding carboxylic acids is 1. The summed E-state index contributed by atoms with van der Waals surface area (Å²) >= 11 is 0. The zero-order valence-corrected chi connectivity index (χ0v) is 19.3. The van der Waals surface area contributed by atoms with Crippen molar-refractivity contribution in [3.8, 4) is 0 Å². The van der Waals surface area contributed by atoms with Gasteiger partial charge in [0.05, 0.1) is 18.6 Å². The summed E-state index contributed by atoms with van der Waals surface area (Å²) in [5, 5.41) is 0. The molecule has 0 radical (unpaired) electrons. The van der Waals surface area contributed by atoms with Crippen molar-refractivity contribution in [3.05, 3.63) is 11.6 Å². The highest BCUT2D eigenvalue weighted by Gasteiger charge is 2.72. The van der Waals surface area contributed by atoms with Gasteiger partial charge < -0.3 is 23.7 Å². The van der Waals surface area contributed by atoms with Gasteiger partial charge in [-0.15, -0.1) is 0 Å². The van der Waals surface area contributed by atoms with Crippen LogP contribution in [0.3, 0.4) is 0 Å². The fraction of sp³-hybridized carbons (Fsp3) is 0.875. The zero-order valence-electron chi connectivity index (χ0n) is 19.3. The molecule has 6 fully saturated rings. The van der Waals surface area contributed by atoms with Crippen molar-refractivity contribution in [2.75, 3.05) is 33.4 Å².